The van der Waals surface area contributed by atoms with Gasteiger partial charge >= 0.3 is 66.0 Å². The Balaban J connectivity index is 0. The van der Waals surface area contributed by atoms with Gasteiger partial charge in [0.15, 0.2) is 0 Å². The molecule has 26 valence electrons. The molecule has 0 heterocycles. The van der Waals surface area contributed by atoms with E-state index >= 15 is 0 Å². The maximum atomic E-state index is 3.15. The van der Waals surface area contributed by atoms with Crippen molar-refractivity contribution in [2.45, 2.75) is 0 Å². The monoisotopic (exact) mass is 398 g/mol. The summed E-state index contributed by atoms with van der Waals surface area (Å²) in [6, 6.07) is 0. The topological polar surface area (TPSA) is 0 Å². The summed E-state index contributed by atoms with van der Waals surface area (Å²) in [6.07, 6.45) is 0. The molecule has 0 unspecified atom stereocenters. The van der Waals surface area contributed by atoms with Gasteiger partial charge in [0.05, 0.1) is 0 Å². The molecule has 0 aromatic heterocycles. The molecule has 0 nitrogen and oxygen atoms in total. The molecule has 0 aromatic carbocycles. The van der Waals surface area contributed by atoms with Gasteiger partial charge in [-0.3, -0.25) is 0 Å². The first-order valence-electron chi connectivity index (χ1n) is 0.563. The van der Waals surface area contributed by atoms with Gasteiger partial charge in [-0.05, 0) is 0 Å². The summed E-state index contributed by atoms with van der Waals surface area (Å²) in [5.74, 6) is 0. The van der Waals surface area contributed by atoms with Gasteiger partial charge in [0.25, 0.3) is 0 Å². The first kappa shape index (κ1) is 9.57. The van der Waals surface area contributed by atoms with Gasteiger partial charge in [0.1, 0.15) is 0 Å². The van der Waals surface area contributed by atoms with Crippen LogP contribution in [0.5, 0.6) is 0 Å². The number of hydrogen-bond donors (Lipinski definition) is 0. The van der Waals surface area contributed by atoms with Crippen LogP contribution in [0.15, 0.2) is 0 Å². The van der Waals surface area contributed by atoms with E-state index in [2.05, 4.69) is 14.8 Å². The first-order chi connectivity index (χ1) is 1.41. The molecule has 0 atom stereocenters. The maximum absolute atomic E-state index is 3.15. The summed E-state index contributed by atoms with van der Waals surface area (Å²) in [4.78, 5) is 0. The molecule has 0 aliphatic rings. The minimum atomic E-state index is 0. The van der Waals surface area contributed by atoms with Crippen LogP contribution in [0.1, 0.15) is 0 Å². The van der Waals surface area contributed by atoms with Crippen molar-refractivity contribution in [2.75, 3.05) is 0 Å². The van der Waals surface area contributed by atoms with E-state index in [1.165, 1.54) is 0 Å². The fraction of sp³-hybridized carbons (Fsp3) is 0. The third-order valence-corrected chi connectivity index (χ3v) is 0. The van der Waals surface area contributed by atoms with E-state index in [0.29, 0.717) is 0 Å². The van der Waals surface area contributed by atoms with E-state index in [1.807, 2.05) is 0 Å². The van der Waals surface area contributed by atoms with Crippen LogP contribution in [0.4, 0.5) is 0 Å². The van der Waals surface area contributed by atoms with Crippen LogP contribution < -0.4 is 0 Å². The van der Waals surface area contributed by atoms with Crippen molar-refractivity contribution < 1.29 is 0 Å². The zero-order valence-corrected chi connectivity index (χ0v) is 14.6. The molecular weight excluding hydrogens is 392 g/mol. The summed E-state index contributed by atoms with van der Waals surface area (Å²) in [6.45, 7) is 0. The van der Waals surface area contributed by atoms with E-state index in [0.717, 1.165) is 15.4 Å². The molecule has 4 heteroatoms. The average Bonchev–Trinajstić information content (AvgIpc) is 0.918. The number of halogens is 1. The first-order valence-corrected chi connectivity index (χ1v) is 8.77. The molecule has 0 aliphatic heterocycles. The Kier molecular flexibility index (Phi) is 21.5. The molecule has 0 aliphatic carbocycles. The van der Waals surface area contributed by atoms with Gasteiger partial charge in [-0.1, -0.05) is 0 Å². The normalized spacial score (nSPS) is 5.25. The van der Waals surface area contributed by atoms with E-state index in [4.69, 9.17) is 0 Å². The minimum absolute atomic E-state index is 0. The van der Waals surface area contributed by atoms with Gasteiger partial charge in [-0.2, -0.15) is 0 Å². The molecule has 0 bridgehead atoms. The molecule has 0 aromatic rings. The fourth-order valence-electron chi connectivity index (χ4n) is 0. The molecular formula is H5BrGePbS. The van der Waals surface area contributed by atoms with Crippen LogP contribution in [0.3, 0.4) is 0 Å². The molecule has 0 saturated heterocycles. The molecule has 2 radical (unpaired) electrons. The summed E-state index contributed by atoms with van der Waals surface area (Å²) in [7, 11) is 1.75. The van der Waals surface area contributed by atoms with E-state index in [9.17, 15) is 0 Å². The van der Waals surface area contributed by atoms with Crippen LogP contribution in [0.2, 0.25) is 0 Å². The second-order valence-corrected chi connectivity index (χ2v) is 12.5. The zero-order chi connectivity index (χ0) is 2.71. The van der Waals surface area contributed by atoms with Gasteiger partial charge < -0.3 is 0 Å². The van der Waals surface area contributed by atoms with E-state index in [1.54, 1.807) is 8.52 Å². The van der Waals surface area contributed by atoms with Gasteiger partial charge in [-0.15, -0.1) is 0 Å². The van der Waals surface area contributed by atoms with Crippen molar-refractivity contribution in [3.63, 3.8) is 0 Å². The molecule has 4 heavy (non-hydrogen) atoms. The Morgan fingerprint density at radius 3 is 1.75 bits per heavy atom. The third kappa shape index (κ3) is 8.85. The second kappa shape index (κ2) is 9.00. The SMILES string of the molecule is [GeH3][S]Br.[PbH2]. The second-order valence-electron chi connectivity index (χ2n) is 0.154. The van der Waals surface area contributed by atoms with Crippen molar-refractivity contribution in [2.24, 2.45) is 0 Å². The van der Waals surface area contributed by atoms with Crippen LogP contribution in [0, 0.1) is 0 Å². The number of hydrogen-bond acceptors (Lipinski definition) is 1. The van der Waals surface area contributed by atoms with Crippen LogP contribution in [-0.2, 0) is 0 Å². The van der Waals surface area contributed by atoms with Crippen molar-refractivity contribution >= 4 is 66.0 Å². The van der Waals surface area contributed by atoms with E-state index < -0.39 is 0 Å². The Hall–Kier alpha value is 2.29. The molecule has 0 rings (SSSR count). The standard InChI is InChI=1S/BrGeH3S.Pb.2H/c1-3-2;;;/h2H3;;;. The summed E-state index contributed by atoms with van der Waals surface area (Å²) in [5.41, 5.74) is 0. The average molecular weight is 397 g/mol. The Morgan fingerprint density at radius 2 is 1.75 bits per heavy atom. The van der Waals surface area contributed by atoms with Gasteiger partial charge in [-0.25, -0.2) is 0 Å². The fourth-order valence-corrected chi connectivity index (χ4v) is 0. The molecule has 0 N–H and O–H groups in total. The predicted molar refractivity (Wildman–Crippen MR) is 35.0 cm³/mol. The van der Waals surface area contributed by atoms with Crippen LogP contribution in [-0.4, -0.2) is 42.7 Å². The molecule has 0 spiro atoms. The molecule has 0 fully saturated rings. The molecule has 0 saturated carbocycles. The van der Waals surface area contributed by atoms with Crippen molar-refractivity contribution in [1.29, 1.82) is 0 Å². The van der Waals surface area contributed by atoms with E-state index in [-0.39, 0.29) is 27.3 Å². The van der Waals surface area contributed by atoms with Crippen LogP contribution >= 0.6 is 23.3 Å². The summed E-state index contributed by atoms with van der Waals surface area (Å²) in [5, 5.41) is 0. The molecule has 0 amide bonds. The quantitative estimate of drug-likeness (QED) is 0.493. The summed E-state index contributed by atoms with van der Waals surface area (Å²) < 4.78 is 0. The van der Waals surface area contributed by atoms with Crippen molar-refractivity contribution in [3.05, 3.63) is 0 Å². The zero-order valence-electron chi connectivity index (χ0n) is 2.49. The third-order valence-electron chi connectivity index (χ3n) is 0. The van der Waals surface area contributed by atoms with Gasteiger partial charge in [0.2, 0.25) is 0 Å². The number of rotatable bonds is 0. The van der Waals surface area contributed by atoms with Gasteiger partial charge in [0, 0.05) is 0 Å². The predicted octanol–water partition coefficient (Wildman–Crippen LogP) is -0.606. The summed E-state index contributed by atoms with van der Waals surface area (Å²) >= 11 is 4.08. The van der Waals surface area contributed by atoms with Crippen molar-refractivity contribution in [3.8, 4) is 0 Å². The van der Waals surface area contributed by atoms with Crippen LogP contribution in [0.25, 0.3) is 0 Å². The van der Waals surface area contributed by atoms with Crippen molar-refractivity contribution in [1.82, 2.24) is 0 Å². The Labute approximate surface area is 65.1 Å². The Morgan fingerprint density at radius 1 is 1.75 bits per heavy atom. The Bertz CT molecular complexity index is 8.00.